The fourth-order valence-electron chi connectivity index (χ4n) is 3.75. The van der Waals surface area contributed by atoms with Gasteiger partial charge in [0.25, 0.3) is 0 Å². The Balaban J connectivity index is 1.38. The Bertz CT molecular complexity index is 1310. The van der Waals surface area contributed by atoms with Crippen LogP contribution in [0.3, 0.4) is 0 Å². The van der Waals surface area contributed by atoms with Crippen molar-refractivity contribution in [3.63, 3.8) is 0 Å². The molecule has 0 saturated carbocycles. The number of nitrogens with zero attached hydrogens (tertiary/aromatic N) is 5. The van der Waals surface area contributed by atoms with Gasteiger partial charge in [-0.3, -0.25) is 4.98 Å². The highest BCUT2D eigenvalue weighted by Crippen LogP contribution is 2.28. The molecule has 34 heavy (non-hydrogen) atoms. The molecule has 1 aromatic carbocycles. The summed E-state index contributed by atoms with van der Waals surface area (Å²) in [6, 6.07) is 13.2. The van der Waals surface area contributed by atoms with E-state index in [4.69, 9.17) is 32.9 Å². The van der Waals surface area contributed by atoms with Gasteiger partial charge < -0.3 is 10.1 Å². The highest BCUT2D eigenvalue weighted by molar-refractivity contribution is 6.35. The lowest BCUT2D eigenvalue weighted by atomic mass is 9.97. The summed E-state index contributed by atoms with van der Waals surface area (Å²) < 4.78 is 5.99. The molecule has 1 aliphatic heterocycles. The van der Waals surface area contributed by atoms with Crippen molar-refractivity contribution >= 4 is 28.8 Å². The van der Waals surface area contributed by atoms with Crippen molar-refractivity contribution in [3.8, 4) is 17.4 Å². The Labute approximate surface area is 206 Å². The van der Waals surface area contributed by atoms with Crippen LogP contribution >= 0.6 is 23.2 Å². The number of hydrogen-bond acceptors (Lipinski definition) is 7. The zero-order valence-electron chi connectivity index (χ0n) is 18.1. The number of nitrogens with one attached hydrogen (secondary N) is 2. The molecule has 4 heterocycles. The third kappa shape index (κ3) is 5.25. The van der Waals surface area contributed by atoms with Crippen LogP contribution in [0.4, 0.5) is 0 Å². The number of aromatic nitrogens is 6. The van der Waals surface area contributed by atoms with Gasteiger partial charge in [-0.2, -0.15) is 5.21 Å². The smallest absolute Gasteiger partial charge is 0.222 e. The maximum absolute atomic E-state index is 6.29. The maximum atomic E-state index is 6.29. The van der Waals surface area contributed by atoms with Gasteiger partial charge >= 0.3 is 0 Å². The lowest BCUT2D eigenvalue weighted by Crippen LogP contribution is -2.20. The van der Waals surface area contributed by atoms with Gasteiger partial charge in [0.1, 0.15) is 12.3 Å². The van der Waals surface area contributed by atoms with Crippen molar-refractivity contribution in [1.82, 2.24) is 35.9 Å². The summed E-state index contributed by atoms with van der Waals surface area (Å²) in [7, 11) is 0. The number of rotatable bonds is 7. The van der Waals surface area contributed by atoms with Crippen LogP contribution in [0, 0.1) is 0 Å². The summed E-state index contributed by atoms with van der Waals surface area (Å²) in [5.41, 5.74) is 5.85. The average molecular weight is 494 g/mol. The summed E-state index contributed by atoms with van der Waals surface area (Å²) in [4.78, 5) is 9.35. The van der Waals surface area contributed by atoms with Crippen molar-refractivity contribution < 1.29 is 4.74 Å². The van der Waals surface area contributed by atoms with E-state index in [-0.39, 0.29) is 0 Å². The lowest BCUT2D eigenvalue weighted by molar-refractivity contribution is 0.293. The number of tetrazole rings is 1. The molecule has 0 amide bonds. The first-order valence-corrected chi connectivity index (χ1v) is 11.6. The van der Waals surface area contributed by atoms with Gasteiger partial charge in [-0.05, 0) is 53.1 Å². The van der Waals surface area contributed by atoms with Crippen LogP contribution in [0.5, 0.6) is 5.88 Å². The van der Waals surface area contributed by atoms with Crippen molar-refractivity contribution in [2.24, 2.45) is 0 Å². The van der Waals surface area contributed by atoms with E-state index < -0.39 is 0 Å². The third-order valence-electron chi connectivity index (χ3n) is 5.51. The van der Waals surface area contributed by atoms with E-state index >= 15 is 0 Å². The molecule has 0 aliphatic carbocycles. The molecule has 0 radical (unpaired) electrons. The molecular weight excluding hydrogens is 473 g/mol. The molecule has 0 unspecified atom stereocenters. The topological polar surface area (TPSA) is 102 Å². The van der Waals surface area contributed by atoms with E-state index in [1.54, 1.807) is 12.1 Å². The van der Waals surface area contributed by atoms with E-state index in [2.05, 4.69) is 43.1 Å². The van der Waals surface area contributed by atoms with Crippen LogP contribution in [0.2, 0.25) is 10.0 Å². The normalized spacial score (nSPS) is 13.5. The number of ether oxygens (including phenoxy) is 1. The van der Waals surface area contributed by atoms with Gasteiger partial charge in [0.15, 0.2) is 0 Å². The molecular formula is C24H21Cl2N7O. The average Bonchev–Trinajstić information content (AvgIpc) is 3.40. The summed E-state index contributed by atoms with van der Waals surface area (Å²) in [6.45, 7) is 2.05. The Morgan fingerprint density at radius 1 is 1.03 bits per heavy atom. The zero-order valence-corrected chi connectivity index (χ0v) is 19.6. The quantitative estimate of drug-likeness (QED) is 0.390. The summed E-state index contributed by atoms with van der Waals surface area (Å²) >= 11 is 12.3. The standard InChI is InChI=1S/C24H21Cl2N7O/c25-19-4-2-18(20(26)12-19)14-34-22-6-3-17(23(29-22)16-7-9-27-10-8-16)11-15-1-5-21(28-13-15)24-30-32-33-31-24/h1-7,12-13,27H,8-11,14H2,(H,30,31,32,33). The van der Waals surface area contributed by atoms with Crippen LogP contribution < -0.4 is 10.1 Å². The van der Waals surface area contributed by atoms with Crippen LogP contribution in [0.1, 0.15) is 28.8 Å². The minimum Gasteiger partial charge on any atom is -0.473 e. The predicted octanol–water partition coefficient (Wildman–Crippen LogP) is 4.51. The molecule has 172 valence electrons. The van der Waals surface area contributed by atoms with Gasteiger partial charge in [-0.15, -0.1) is 10.2 Å². The minimum absolute atomic E-state index is 0.309. The third-order valence-corrected chi connectivity index (χ3v) is 6.09. The second-order valence-electron chi connectivity index (χ2n) is 7.83. The highest BCUT2D eigenvalue weighted by atomic mass is 35.5. The van der Waals surface area contributed by atoms with Crippen LogP contribution in [0.15, 0.2) is 54.7 Å². The van der Waals surface area contributed by atoms with Crippen molar-refractivity contribution in [2.75, 3.05) is 13.1 Å². The lowest BCUT2D eigenvalue weighted by Gasteiger charge is -2.18. The Kier molecular flexibility index (Phi) is 6.80. The second kappa shape index (κ2) is 10.3. The molecule has 1 aliphatic rings. The second-order valence-corrected chi connectivity index (χ2v) is 8.67. The van der Waals surface area contributed by atoms with Crippen molar-refractivity contribution in [1.29, 1.82) is 0 Å². The number of aromatic amines is 1. The van der Waals surface area contributed by atoms with Crippen molar-refractivity contribution in [2.45, 2.75) is 19.4 Å². The predicted molar refractivity (Wildman–Crippen MR) is 131 cm³/mol. The van der Waals surface area contributed by atoms with Gasteiger partial charge in [0.2, 0.25) is 11.7 Å². The summed E-state index contributed by atoms with van der Waals surface area (Å²) in [5.74, 6) is 1.02. The van der Waals surface area contributed by atoms with Crippen LogP contribution in [-0.4, -0.2) is 43.7 Å². The van der Waals surface area contributed by atoms with Crippen LogP contribution in [-0.2, 0) is 13.0 Å². The Morgan fingerprint density at radius 3 is 2.68 bits per heavy atom. The number of benzene rings is 1. The Morgan fingerprint density at radius 2 is 1.94 bits per heavy atom. The van der Waals surface area contributed by atoms with Gasteiger partial charge in [-0.25, -0.2) is 4.98 Å². The molecule has 0 fully saturated rings. The first kappa shape index (κ1) is 22.5. The number of hydrogen-bond donors (Lipinski definition) is 2. The number of halogens is 2. The molecule has 0 spiro atoms. The number of pyridine rings is 2. The van der Waals surface area contributed by atoms with Crippen LogP contribution in [0.25, 0.3) is 17.1 Å². The van der Waals surface area contributed by atoms with E-state index in [0.717, 1.165) is 41.9 Å². The van der Waals surface area contributed by atoms with E-state index in [9.17, 15) is 0 Å². The van der Waals surface area contributed by atoms with E-state index in [1.165, 1.54) is 5.57 Å². The highest BCUT2D eigenvalue weighted by Gasteiger charge is 2.15. The number of H-pyrrole nitrogens is 1. The molecule has 0 atom stereocenters. The molecule has 10 heteroatoms. The first-order valence-electron chi connectivity index (χ1n) is 10.8. The van der Waals surface area contributed by atoms with Gasteiger partial charge in [-0.1, -0.05) is 47.5 Å². The van der Waals surface area contributed by atoms with E-state index in [0.29, 0.717) is 40.5 Å². The fraction of sp³-hybridized carbons (Fsp3) is 0.208. The first-order chi connectivity index (χ1) is 16.7. The fourth-order valence-corrected chi connectivity index (χ4v) is 4.21. The molecule has 0 bridgehead atoms. The Hall–Kier alpha value is -3.33. The molecule has 5 rings (SSSR count). The van der Waals surface area contributed by atoms with E-state index in [1.807, 2.05) is 30.5 Å². The SMILES string of the molecule is Clc1ccc(COc2ccc(Cc3ccc(-c4nn[nH]n4)nc3)c(C3=CCNCC3)n2)c(Cl)c1. The van der Waals surface area contributed by atoms with Gasteiger partial charge in [0, 0.05) is 40.8 Å². The monoisotopic (exact) mass is 493 g/mol. The largest absolute Gasteiger partial charge is 0.473 e. The molecule has 4 aromatic rings. The molecule has 3 aromatic heterocycles. The molecule has 8 nitrogen and oxygen atoms in total. The molecule has 2 N–H and O–H groups in total. The maximum Gasteiger partial charge on any atom is 0.222 e. The summed E-state index contributed by atoms with van der Waals surface area (Å²) in [5, 5.41) is 18.5. The zero-order chi connectivity index (χ0) is 23.3. The molecule has 0 saturated heterocycles. The van der Waals surface area contributed by atoms with Gasteiger partial charge in [0.05, 0.1) is 5.69 Å². The minimum atomic E-state index is 0.309. The summed E-state index contributed by atoms with van der Waals surface area (Å²) in [6.07, 6.45) is 5.61. The van der Waals surface area contributed by atoms with Crippen molar-refractivity contribution in [3.05, 3.63) is 87.2 Å².